The Morgan fingerprint density at radius 2 is 1.88 bits per heavy atom. The Labute approximate surface area is 171 Å². The summed E-state index contributed by atoms with van der Waals surface area (Å²) in [6.07, 6.45) is 3.95. The van der Waals surface area contributed by atoms with E-state index in [0.29, 0.717) is 12.0 Å². The molecule has 0 saturated heterocycles. The number of rotatable bonds is 13. The number of hydrogen-bond donors (Lipinski definition) is 2. The van der Waals surface area contributed by atoms with Gasteiger partial charge in [-0.05, 0) is 32.1 Å². The van der Waals surface area contributed by atoms with Gasteiger partial charge in [0, 0.05) is 53.0 Å². The molecule has 0 spiro atoms. The van der Waals surface area contributed by atoms with Crippen LogP contribution < -0.4 is 10.6 Å². The molecule has 1 aliphatic carbocycles. The molecule has 1 atom stereocenters. The summed E-state index contributed by atoms with van der Waals surface area (Å²) >= 11 is 0. The SMILES string of the molecule is CCOC(CCNC(=NC)NCCN(CCOC)C1CC1)C(C)C.I. The van der Waals surface area contributed by atoms with E-state index in [1.165, 1.54) is 12.8 Å². The summed E-state index contributed by atoms with van der Waals surface area (Å²) in [5.41, 5.74) is 0. The largest absolute Gasteiger partial charge is 0.383 e. The molecule has 7 heteroatoms. The first kappa shape index (κ1) is 24.9. The Morgan fingerprint density at radius 3 is 2.40 bits per heavy atom. The van der Waals surface area contributed by atoms with Crippen molar-refractivity contribution in [2.75, 3.05) is 53.6 Å². The van der Waals surface area contributed by atoms with E-state index >= 15 is 0 Å². The fourth-order valence-corrected chi connectivity index (χ4v) is 2.82. The van der Waals surface area contributed by atoms with Gasteiger partial charge in [0.05, 0.1) is 12.7 Å². The van der Waals surface area contributed by atoms with Gasteiger partial charge in [-0.2, -0.15) is 0 Å². The Bertz CT molecular complexity index is 352. The average Bonchev–Trinajstić information content (AvgIpc) is 3.40. The third-order valence-electron chi connectivity index (χ3n) is 4.41. The van der Waals surface area contributed by atoms with Crippen molar-refractivity contribution in [3.8, 4) is 0 Å². The van der Waals surface area contributed by atoms with Crippen molar-refractivity contribution < 1.29 is 9.47 Å². The molecule has 1 unspecified atom stereocenters. The van der Waals surface area contributed by atoms with Crippen LogP contribution in [0.15, 0.2) is 4.99 Å². The third-order valence-corrected chi connectivity index (χ3v) is 4.41. The van der Waals surface area contributed by atoms with Crippen LogP contribution in [-0.4, -0.2) is 76.6 Å². The topological polar surface area (TPSA) is 58.1 Å². The number of nitrogens with one attached hydrogen (secondary N) is 2. The van der Waals surface area contributed by atoms with E-state index in [2.05, 4.69) is 41.3 Å². The fourth-order valence-electron chi connectivity index (χ4n) is 2.82. The summed E-state index contributed by atoms with van der Waals surface area (Å²) in [6.45, 7) is 11.9. The van der Waals surface area contributed by atoms with E-state index in [9.17, 15) is 0 Å². The first-order valence-electron chi connectivity index (χ1n) is 9.41. The molecule has 0 aromatic heterocycles. The van der Waals surface area contributed by atoms with Crippen LogP contribution in [0.2, 0.25) is 0 Å². The predicted molar refractivity (Wildman–Crippen MR) is 116 cm³/mol. The maximum absolute atomic E-state index is 5.78. The van der Waals surface area contributed by atoms with Gasteiger partial charge in [0.2, 0.25) is 0 Å². The molecule has 0 heterocycles. The number of methoxy groups -OCH3 is 1. The summed E-state index contributed by atoms with van der Waals surface area (Å²) in [6, 6.07) is 0.759. The Hall–Kier alpha value is -0.120. The molecule has 0 bridgehead atoms. The Balaban J connectivity index is 0.00000576. The molecule has 25 heavy (non-hydrogen) atoms. The number of nitrogens with zero attached hydrogens (tertiary/aromatic N) is 2. The van der Waals surface area contributed by atoms with Crippen molar-refractivity contribution in [1.29, 1.82) is 0 Å². The molecule has 1 aliphatic rings. The number of ether oxygens (including phenoxy) is 2. The monoisotopic (exact) mass is 470 g/mol. The zero-order valence-corrected chi connectivity index (χ0v) is 19.0. The molecule has 0 amide bonds. The molecule has 0 aliphatic heterocycles. The Kier molecular flexibility index (Phi) is 14.9. The van der Waals surface area contributed by atoms with Gasteiger partial charge in [-0.3, -0.25) is 9.89 Å². The van der Waals surface area contributed by atoms with Gasteiger partial charge in [0.1, 0.15) is 0 Å². The number of hydrogen-bond acceptors (Lipinski definition) is 4. The smallest absolute Gasteiger partial charge is 0.191 e. The predicted octanol–water partition coefficient (Wildman–Crippen LogP) is 2.33. The molecule has 0 radical (unpaired) electrons. The van der Waals surface area contributed by atoms with Gasteiger partial charge in [0.15, 0.2) is 5.96 Å². The number of halogens is 1. The molecule has 6 nitrogen and oxygen atoms in total. The minimum atomic E-state index is 0. The molecule has 0 aromatic rings. The summed E-state index contributed by atoms with van der Waals surface area (Å²) in [4.78, 5) is 6.81. The minimum Gasteiger partial charge on any atom is -0.383 e. The van der Waals surface area contributed by atoms with Gasteiger partial charge in [-0.15, -0.1) is 24.0 Å². The maximum atomic E-state index is 5.78. The second kappa shape index (κ2) is 15.0. The normalized spacial score (nSPS) is 16.0. The van der Waals surface area contributed by atoms with Crippen molar-refractivity contribution in [1.82, 2.24) is 15.5 Å². The lowest BCUT2D eigenvalue weighted by molar-refractivity contribution is 0.0258. The highest BCUT2D eigenvalue weighted by Crippen LogP contribution is 2.25. The Morgan fingerprint density at radius 1 is 1.20 bits per heavy atom. The fraction of sp³-hybridized carbons (Fsp3) is 0.944. The highest BCUT2D eigenvalue weighted by Gasteiger charge is 2.28. The summed E-state index contributed by atoms with van der Waals surface area (Å²) in [7, 11) is 3.59. The lowest BCUT2D eigenvalue weighted by Gasteiger charge is -2.23. The second-order valence-electron chi connectivity index (χ2n) is 6.71. The first-order valence-corrected chi connectivity index (χ1v) is 9.41. The first-order chi connectivity index (χ1) is 11.6. The molecule has 1 rings (SSSR count). The number of guanidine groups is 1. The van der Waals surface area contributed by atoms with E-state index in [1.54, 1.807) is 7.11 Å². The van der Waals surface area contributed by atoms with E-state index in [-0.39, 0.29) is 24.0 Å². The van der Waals surface area contributed by atoms with Crippen LogP contribution in [0.25, 0.3) is 0 Å². The van der Waals surface area contributed by atoms with Crippen LogP contribution in [0.4, 0.5) is 0 Å². The van der Waals surface area contributed by atoms with Crippen LogP contribution in [0.1, 0.15) is 40.0 Å². The second-order valence-corrected chi connectivity index (χ2v) is 6.71. The standard InChI is InChI=1S/C18H38N4O2.HI/c1-6-24-17(15(2)3)9-10-20-18(19-4)21-11-12-22(13-14-23-5)16-7-8-16;/h15-17H,6-14H2,1-5H3,(H2,19,20,21);1H. The van der Waals surface area contributed by atoms with Crippen LogP contribution in [0, 0.1) is 5.92 Å². The van der Waals surface area contributed by atoms with Crippen LogP contribution in [0.5, 0.6) is 0 Å². The lowest BCUT2D eigenvalue weighted by Crippen LogP contribution is -2.43. The highest BCUT2D eigenvalue weighted by atomic mass is 127. The quantitative estimate of drug-likeness (QED) is 0.246. The van der Waals surface area contributed by atoms with Gasteiger partial charge in [0.25, 0.3) is 0 Å². The molecular formula is C18H39IN4O2. The van der Waals surface area contributed by atoms with Crippen molar-refractivity contribution in [2.24, 2.45) is 10.9 Å². The molecule has 1 saturated carbocycles. The van der Waals surface area contributed by atoms with E-state index < -0.39 is 0 Å². The third kappa shape index (κ3) is 11.2. The highest BCUT2D eigenvalue weighted by molar-refractivity contribution is 14.0. The van der Waals surface area contributed by atoms with Gasteiger partial charge in [-0.25, -0.2) is 0 Å². The zero-order valence-electron chi connectivity index (χ0n) is 16.7. The molecule has 0 aromatic carbocycles. The van der Waals surface area contributed by atoms with Gasteiger partial charge >= 0.3 is 0 Å². The molecule has 1 fully saturated rings. The minimum absolute atomic E-state index is 0. The van der Waals surface area contributed by atoms with Gasteiger partial charge in [-0.1, -0.05) is 13.8 Å². The molecular weight excluding hydrogens is 431 g/mol. The summed E-state index contributed by atoms with van der Waals surface area (Å²) in [5, 5.41) is 6.80. The van der Waals surface area contributed by atoms with Crippen molar-refractivity contribution in [3.63, 3.8) is 0 Å². The maximum Gasteiger partial charge on any atom is 0.191 e. The summed E-state index contributed by atoms with van der Waals surface area (Å²) in [5.74, 6) is 1.41. The van der Waals surface area contributed by atoms with E-state index in [4.69, 9.17) is 9.47 Å². The summed E-state index contributed by atoms with van der Waals surface area (Å²) < 4.78 is 11.0. The van der Waals surface area contributed by atoms with Gasteiger partial charge < -0.3 is 20.1 Å². The lowest BCUT2D eigenvalue weighted by atomic mass is 10.0. The zero-order chi connectivity index (χ0) is 17.8. The van der Waals surface area contributed by atoms with Crippen LogP contribution >= 0.6 is 24.0 Å². The number of aliphatic imine (C=N–C) groups is 1. The molecule has 2 N–H and O–H groups in total. The van der Waals surface area contributed by atoms with E-state index in [1.807, 2.05) is 7.05 Å². The van der Waals surface area contributed by atoms with Crippen LogP contribution in [-0.2, 0) is 9.47 Å². The van der Waals surface area contributed by atoms with Crippen LogP contribution in [0.3, 0.4) is 0 Å². The average molecular weight is 470 g/mol. The van der Waals surface area contributed by atoms with Crippen molar-refractivity contribution >= 4 is 29.9 Å². The van der Waals surface area contributed by atoms with E-state index in [0.717, 1.165) is 57.8 Å². The van der Waals surface area contributed by atoms with Crippen molar-refractivity contribution in [2.45, 2.75) is 52.2 Å². The van der Waals surface area contributed by atoms with Crippen molar-refractivity contribution in [3.05, 3.63) is 0 Å². The molecule has 150 valence electrons.